The molecule has 0 amide bonds. The van der Waals surface area contributed by atoms with Gasteiger partial charge in [-0.2, -0.15) is 0 Å². The van der Waals surface area contributed by atoms with Gasteiger partial charge in [0.2, 0.25) is 0 Å². The van der Waals surface area contributed by atoms with Gasteiger partial charge in [0.05, 0.1) is 17.6 Å². The molecule has 0 aliphatic heterocycles. The molecule has 86 valence electrons. The molecule has 0 unspecified atom stereocenters. The Labute approximate surface area is 95.7 Å². The molecule has 0 saturated carbocycles. The van der Waals surface area contributed by atoms with Crippen LogP contribution in [-0.4, -0.2) is 28.5 Å². The number of hydrogen-bond acceptors (Lipinski definition) is 3. The fraction of sp³-hybridized carbons (Fsp3) is 0.417. The minimum absolute atomic E-state index is 0.537. The summed E-state index contributed by atoms with van der Waals surface area (Å²) in [4.78, 5) is 6.78. The summed E-state index contributed by atoms with van der Waals surface area (Å²) in [7, 11) is 6.14. The average molecular weight is 218 g/mol. The molecule has 0 aliphatic rings. The first kappa shape index (κ1) is 11.1. The van der Waals surface area contributed by atoms with Crippen molar-refractivity contribution in [1.82, 2.24) is 14.5 Å². The molecular formula is C12H18N4. The second kappa shape index (κ2) is 4.23. The normalized spacial score (nSPS) is 11.6. The maximum atomic E-state index is 5.72. The Morgan fingerprint density at radius 2 is 2.12 bits per heavy atom. The molecule has 1 heterocycles. The van der Waals surface area contributed by atoms with Gasteiger partial charge in [0, 0.05) is 13.6 Å². The molecule has 0 atom stereocenters. The SMILES string of the molecule is CN(C)Cc1nc2c(CN)cccc2n1C. The van der Waals surface area contributed by atoms with Crippen LogP contribution in [0.15, 0.2) is 18.2 Å². The van der Waals surface area contributed by atoms with Crippen LogP contribution in [0.2, 0.25) is 0 Å². The standard InChI is InChI=1S/C12H18N4/c1-15(2)8-11-14-12-9(7-13)5-4-6-10(12)16(11)3/h4-6H,7-8,13H2,1-3H3. The van der Waals surface area contributed by atoms with Crippen LogP contribution in [0, 0.1) is 0 Å². The largest absolute Gasteiger partial charge is 0.330 e. The number of aromatic nitrogens is 2. The van der Waals surface area contributed by atoms with Crippen molar-refractivity contribution in [2.24, 2.45) is 12.8 Å². The summed E-state index contributed by atoms with van der Waals surface area (Å²) in [6.45, 7) is 1.38. The van der Waals surface area contributed by atoms with Gasteiger partial charge in [-0.25, -0.2) is 4.98 Å². The maximum absolute atomic E-state index is 5.72. The number of benzene rings is 1. The van der Waals surface area contributed by atoms with E-state index in [1.165, 1.54) is 0 Å². The molecule has 0 aliphatic carbocycles. The van der Waals surface area contributed by atoms with Gasteiger partial charge < -0.3 is 15.2 Å². The third-order valence-corrected chi connectivity index (χ3v) is 2.77. The third kappa shape index (κ3) is 1.81. The van der Waals surface area contributed by atoms with E-state index in [1.807, 2.05) is 26.2 Å². The molecule has 0 saturated heterocycles. The van der Waals surface area contributed by atoms with Gasteiger partial charge >= 0.3 is 0 Å². The van der Waals surface area contributed by atoms with Crippen molar-refractivity contribution in [1.29, 1.82) is 0 Å². The van der Waals surface area contributed by atoms with Crippen LogP contribution in [0.4, 0.5) is 0 Å². The number of fused-ring (bicyclic) bond motifs is 1. The van der Waals surface area contributed by atoms with Gasteiger partial charge in [0.25, 0.3) is 0 Å². The number of rotatable bonds is 3. The van der Waals surface area contributed by atoms with Crippen molar-refractivity contribution < 1.29 is 0 Å². The van der Waals surface area contributed by atoms with E-state index in [4.69, 9.17) is 5.73 Å². The van der Waals surface area contributed by atoms with Crippen LogP contribution in [0.25, 0.3) is 11.0 Å². The first-order valence-corrected chi connectivity index (χ1v) is 5.41. The van der Waals surface area contributed by atoms with E-state index in [9.17, 15) is 0 Å². The van der Waals surface area contributed by atoms with Gasteiger partial charge in [0.15, 0.2) is 0 Å². The summed E-state index contributed by atoms with van der Waals surface area (Å²) in [5.74, 6) is 1.07. The Kier molecular flexibility index (Phi) is 2.94. The number of hydrogen-bond donors (Lipinski definition) is 1. The molecule has 0 spiro atoms. The van der Waals surface area contributed by atoms with Crippen LogP contribution in [0.3, 0.4) is 0 Å². The lowest BCUT2D eigenvalue weighted by molar-refractivity contribution is 0.386. The van der Waals surface area contributed by atoms with E-state index in [-0.39, 0.29) is 0 Å². The van der Waals surface area contributed by atoms with E-state index in [0.29, 0.717) is 6.54 Å². The lowest BCUT2D eigenvalue weighted by Crippen LogP contribution is -2.14. The van der Waals surface area contributed by atoms with Gasteiger partial charge in [-0.05, 0) is 25.7 Å². The van der Waals surface area contributed by atoms with E-state index in [2.05, 4.69) is 27.6 Å². The summed E-state index contributed by atoms with van der Waals surface area (Å²) >= 11 is 0. The molecule has 4 heteroatoms. The van der Waals surface area contributed by atoms with Gasteiger partial charge in [-0.3, -0.25) is 0 Å². The predicted molar refractivity (Wildman–Crippen MR) is 66.0 cm³/mol. The van der Waals surface area contributed by atoms with Crippen LogP contribution in [0.1, 0.15) is 11.4 Å². The molecule has 1 aromatic carbocycles. The van der Waals surface area contributed by atoms with Crippen LogP contribution in [-0.2, 0) is 20.1 Å². The molecule has 2 rings (SSSR count). The van der Waals surface area contributed by atoms with Crippen LogP contribution in [0.5, 0.6) is 0 Å². The lowest BCUT2D eigenvalue weighted by atomic mass is 10.2. The van der Waals surface area contributed by atoms with Gasteiger partial charge in [-0.1, -0.05) is 12.1 Å². The van der Waals surface area contributed by atoms with E-state index >= 15 is 0 Å². The van der Waals surface area contributed by atoms with Gasteiger partial charge in [-0.15, -0.1) is 0 Å². The molecule has 1 aromatic heterocycles. The van der Waals surface area contributed by atoms with Crippen molar-refractivity contribution in [2.75, 3.05) is 14.1 Å². The fourth-order valence-corrected chi connectivity index (χ4v) is 1.91. The highest BCUT2D eigenvalue weighted by Gasteiger charge is 2.10. The molecule has 0 radical (unpaired) electrons. The lowest BCUT2D eigenvalue weighted by Gasteiger charge is -2.08. The van der Waals surface area contributed by atoms with Crippen molar-refractivity contribution in [3.8, 4) is 0 Å². The zero-order valence-corrected chi connectivity index (χ0v) is 10.1. The quantitative estimate of drug-likeness (QED) is 0.839. The highest BCUT2D eigenvalue weighted by molar-refractivity contribution is 5.79. The summed E-state index contributed by atoms with van der Waals surface area (Å²) < 4.78 is 2.13. The predicted octanol–water partition coefficient (Wildman–Crippen LogP) is 1.09. The van der Waals surface area contributed by atoms with E-state index in [1.54, 1.807) is 0 Å². The zero-order chi connectivity index (χ0) is 11.7. The minimum Gasteiger partial charge on any atom is -0.330 e. The smallest absolute Gasteiger partial charge is 0.123 e. The highest BCUT2D eigenvalue weighted by Crippen LogP contribution is 2.19. The number of nitrogens with two attached hydrogens (primary N) is 1. The molecule has 0 fully saturated rings. The third-order valence-electron chi connectivity index (χ3n) is 2.77. The van der Waals surface area contributed by atoms with Crippen molar-refractivity contribution >= 4 is 11.0 Å². The minimum atomic E-state index is 0.537. The first-order chi connectivity index (χ1) is 7.63. The number of imidazole rings is 1. The Hall–Kier alpha value is -1.39. The second-order valence-electron chi connectivity index (χ2n) is 4.31. The fourth-order valence-electron chi connectivity index (χ4n) is 1.91. The molecular weight excluding hydrogens is 200 g/mol. The van der Waals surface area contributed by atoms with E-state index < -0.39 is 0 Å². The summed E-state index contributed by atoms with van der Waals surface area (Å²) in [5.41, 5.74) is 9.01. The highest BCUT2D eigenvalue weighted by atomic mass is 15.1. The van der Waals surface area contributed by atoms with Crippen LogP contribution >= 0.6 is 0 Å². The first-order valence-electron chi connectivity index (χ1n) is 5.41. The van der Waals surface area contributed by atoms with Crippen molar-refractivity contribution in [3.63, 3.8) is 0 Å². The molecule has 0 bridgehead atoms. The Morgan fingerprint density at radius 1 is 1.38 bits per heavy atom. The molecule has 2 aromatic rings. The second-order valence-corrected chi connectivity index (χ2v) is 4.31. The monoisotopic (exact) mass is 218 g/mol. The van der Waals surface area contributed by atoms with E-state index in [0.717, 1.165) is 29.0 Å². The zero-order valence-electron chi connectivity index (χ0n) is 10.1. The molecule has 4 nitrogen and oxygen atoms in total. The topological polar surface area (TPSA) is 47.1 Å². The maximum Gasteiger partial charge on any atom is 0.123 e. The van der Waals surface area contributed by atoms with Crippen LogP contribution < -0.4 is 5.73 Å². The number of aryl methyl sites for hydroxylation is 1. The Balaban J connectivity index is 2.58. The molecule has 2 N–H and O–H groups in total. The summed E-state index contributed by atoms with van der Waals surface area (Å²) in [6.07, 6.45) is 0. The Bertz CT molecular complexity index is 499. The summed E-state index contributed by atoms with van der Waals surface area (Å²) in [6, 6.07) is 6.15. The van der Waals surface area contributed by atoms with Gasteiger partial charge in [0.1, 0.15) is 5.82 Å². The van der Waals surface area contributed by atoms with Crippen molar-refractivity contribution in [3.05, 3.63) is 29.6 Å². The summed E-state index contributed by atoms with van der Waals surface area (Å²) in [5, 5.41) is 0. The van der Waals surface area contributed by atoms with Crippen molar-refractivity contribution in [2.45, 2.75) is 13.1 Å². The average Bonchev–Trinajstić information content (AvgIpc) is 2.55. The number of nitrogens with zero attached hydrogens (tertiary/aromatic N) is 3. The number of para-hydroxylation sites is 1. The Morgan fingerprint density at radius 3 is 2.75 bits per heavy atom. The molecule has 16 heavy (non-hydrogen) atoms.